The van der Waals surface area contributed by atoms with Crippen molar-refractivity contribution in [2.75, 3.05) is 9.80 Å². The summed E-state index contributed by atoms with van der Waals surface area (Å²) in [5.74, 6) is 1.79. The van der Waals surface area contributed by atoms with Crippen LogP contribution in [0.4, 0.5) is 22.7 Å². The van der Waals surface area contributed by atoms with Crippen molar-refractivity contribution in [3.8, 4) is 0 Å². The zero-order valence-corrected chi connectivity index (χ0v) is 37.6. The summed E-state index contributed by atoms with van der Waals surface area (Å²) in [7, 11) is 0. The molecular weight excluding hydrogens is 900 g/mol. The van der Waals surface area contributed by atoms with E-state index < -0.39 is 0 Å². The second-order valence-corrected chi connectivity index (χ2v) is 17.2. The van der Waals surface area contributed by atoms with E-state index in [4.69, 9.17) is 4.98 Å². The van der Waals surface area contributed by atoms with E-state index in [2.05, 4.69) is 217 Å². The first-order valence-electron chi connectivity index (χ1n) is 21.1. The Bertz CT molecular complexity index is 2830. The molecule has 0 aliphatic carbocycles. The molecular formula is C55H53AuN3-2. The summed E-state index contributed by atoms with van der Waals surface area (Å²) >= 11 is 0. The van der Waals surface area contributed by atoms with Gasteiger partial charge in [-0.15, -0.1) is 17.7 Å². The molecule has 0 spiro atoms. The van der Waals surface area contributed by atoms with Gasteiger partial charge in [-0.1, -0.05) is 183 Å². The first-order valence-corrected chi connectivity index (χ1v) is 21.1. The van der Waals surface area contributed by atoms with Crippen molar-refractivity contribution < 1.29 is 22.4 Å². The fourth-order valence-electron chi connectivity index (χ4n) is 9.22. The predicted molar refractivity (Wildman–Crippen MR) is 252 cm³/mol. The maximum absolute atomic E-state index is 4.85. The van der Waals surface area contributed by atoms with Gasteiger partial charge < -0.3 is 14.8 Å². The second kappa shape index (κ2) is 16.4. The summed E-state index contributed by atoms with van der Waals surface area (Å²) in [5, 5.41) is 10.3. The Balaban J connectivity index is 0.000000166. The van der Waals surface area contributed by atoms with E-state index in [0.29, 0.717) is 23.7 Å². The molecule has 3 nitrogen and oxygen atoms in total. The maximum atomic E-state index is 4.85. The minimum absolute atomic E-state index is 0. The molecule has 59 heavy (non-hydrogen) atoms. The fraction of sp³-hybridized carbons (Fsp3) is 0.218. The van der Waals surface area contributed by atoms with Crippen molar-refractivity contribution in [2.45, 2.75) is 79.1 Å². The molecule has 10 rings (SSSR count). The van der Waals surface area contributed by atoms with Crippen molar-refractivity contribution >= 4 is 76.9 Å². The molecule has 0 N–H and O–H groups in total. The summed E-state index contributed by atoms with van der Waals surface area (Å²) in [5.41, 5.74) is 12.9. The topological polar surface area (TPSA) is 20.6 Å². The molecule has 1 aliphatic rings. The number of aromatic nitrogens is 1. The van der Waals surface area contributed by atoms with E-state index >= 15 is 0 Å². The van der Waals surface area contributed by atoms with Gasteiger partial charge in [-0.25, -0.2) is 0 Å². The Morgan fingerprint density at radius 1 is 0.356 bits per heavy atom. The molecule has 301 valence electrons. The van der Waals surface area contributed by atoms with E-state index in [1.54, 1.807) is 0 Å². The quantitative estimate of drug-likeness (QED) is 0.0941. The van der Waals surface area contributed by atoms with Crippen molar-refractivity contribution in [1.29, 1.82) is 0 Å². The third-order valence-electron chi connectivity index (χ3n) is 12.1. The van der Waals surface area contributed by atoms with E-state index in [1.807, 2.05) is 0 Å². The van der Waals surface area contributed by atoms with E-state index in [-0.39, 0.29) is 22.4 Å². The first-order chi connectivity index (χ1) is 28.1. The summed E-state index contributed by atoms with van der Waals surface area (Å²) in [6.45, 7) is 20.7. The molecule has 0 amide bonds. The number of benzene rings is 8. The minimum Gasteiger partial charge on any atom is -0.657 e. The van der Waals surface area contributed by atoms with Gasteiger partial charge in [0.25, 0.3) is 0 Å². The summed E-state index contributed by atoms with van der Waals surface area (Å²) in [4.78, 5) is 9.74. The Labute approximate surface area is 365 Å². The van der Waals surface area contributed by atoms with Gasteiger partial charge >= 0.3 is 0 Å². The van der Waals surface area contributed by atoms with Crippen LogP contribution < -0.4 is 14.8 Å². The molecule has 2 heterocycles. The molecule has 0 atom stereocenters. The van der Waals surface area contributed by atoms with Crippen LogP contribution in [0.3, 0.4) is 0 Å². The summed E-state index contributed by atoms with van der Waals surface area (Å²) in [6.07, 6.45) is 0. The molecule has 0 bridgehead atoms. The van der Waals surface area contributed by atoms with Gasteiger partial charge in [-0.2, -0.15) is 0 Å². The van der Waals surface area contributed by atoms with Crippen molar-refractivity contribution in [3.63, 3.8) is 0 Å². The molecule has 1 aromatic heterocycles. The van der Waals surface area contributed by atoms with E-state index in [1.165, 1.54) is 88.1 Å². The normalized spacial score (nSPS) is 12.7. The standard InChI is InChI=1S/C31H39N2.C24H14N.Au/c1-20(2)24-13-11-14-25(21(3)4)30(24)32-19-33(29-18-10-9-17-28(29)32)31-26(22(5)6)15-12-16-27(31)23(7)8;1-3-9-17-15(7-1)16-8-2-4-10-18(16)21-14-24-22(13-20(17)21)19-11-5-6-12-23(19)25-24;/h9-23H,1-8H3;1-14H;/q2*-1;. The average molecular weight is 953 g/mol. The molecule has 1 radical (unpaired) electrons. The fourth-order valence-corrected chi connectivity index (χ4v) is 9.22. The van der Waals surface area contributed by atoms with Gasteiger partial charge in [-0.3, -0.25) is 0 Å². The molecule has 0 saturated heterocycles. The number of nitrogens with zero attached hydrogens (tertiary/aromatic N) is 3. The van der Waals surface area contributed by atoms with Gasteiger partial charge in [0, 0.05) is 45.1 Å². The van der Waals surface area contributed by atoms with Crippen LogP contribution in [0.5, 0.6) is 0 Å². The van der Waals surface area contributed by atoms with Crippen LogP contribution >= 0.6 is 0 Å². The van der Waals surface area contributed by atoms with Crippen LogP contribution in [0, 0.1) is 6.67 Å². The first kappa shape index (κ1) is 40.5. The van der Waals surface area contributed by atoms with Crippen LogP contribution in [-0.4, -0.2) is 0 Å². The zero-order valence-electron chi connectivity index (χ0n) is 35.4. The van der Waals surface area contributed by atoms with Crippen LogP contribution in [0.1, 0.15) is 101 Å². The monoisotopic (exact) mass is 952 g/mol. The number of para-hydroxylation sites is 5. The number of anilines is 4. The zero-order chi connectivity index (χ0) is 40.2. The molecule has 0 saturated carbocycles. The van der Waals surface area contributed by atoms with Gasteiger partial charge in [0.2, 0.25) is 0 Å². The SMILES string of the molecule is CC(C)c1cccc(C(C)C)c1N1[CH-]N(c2c(C(C)C)cccc2C(C)C)c2ccccc21.[Au].c1ccc2c(c1)[n-]c1cc3c4ccccc4c4ccccc4c3cc12. The van der Waals surface area contributed by atoms with Crippen LogP contribution in [0.25, 0.3) is 54.1 Å². The van der Waals surface area contributed by atoms with Crippen molar-refractivity contribution in [1.82, 2.24) is 4.98 Å². The van der Waals surface area contributed by atoms with E-state index in [0.717, 1.165) is 11.0 Å². The smallest absolute Gasteiger partial charge is 0.0345 e. The maximum Gasteiger partial charge on any atom is 0.0345 e. The molecule has 0 unspecified atom stereocenters. The molecule has 0 fully saturated rings. The largest absolute Gasteiger partial charge is 0.657 e. The van der Waals surface area contributed by atoms with Gasteiger partial charge in [-0.05, 0) is 107 Å². The number of rotatable bonds is 6. The van der Waals surface area contributed by atoms with Gasteiger partial charge in [0.15, 0.2) is 0 Å². The van der Waals surface area contributed by atoms with E-state index in [9.17, 15) is 0 Å². The Hall–Kier alpha value is -5.32. The third-order valence-corrected chi connectivity index (χ3v) is 12.1. The number of fused-ring (bicyclic) bond motifs is 10. The summed E-state index contributed by atoms with van der Waals surface area (Å²) < 4.78 is 0. The average Bonchev–Trinajstić information content (AvgIpc) is 3.81. The van der Waals surface area contributed by atoms with Crippen molar-refractivity contribution in [2.24, 2.45) is 0 Å². The molecule has 8 aromatic carbocycles. The second-order valence-electron chi connectivity index (χ2n) is 17.2. The Morgan fingerprint density at radius 3 is 1.14 bits per heavy atom. The minimum atomic E-state index is 0. The molecule has 1 aliphatic heterocycles. The molecule has 4 heteroatoms. The number of hydrogen-bond acceptors (Lipinski definition) is 2. The van der Waals surface area contributed by atoms with Gasteiger partial charge in [0.05, 0.1) is 0 Å². The third kappa shape index (κ3) is 7.04. The van der Waals surface area contributed by atoms with Crippen LogP contribution in [0.15, 0.2) is 146 Å². The predicted octanol–water partition coefficient (Wildman–Crippen LogP) is 16.0. The molecule has 9 aromatic rings. The van der Waals surface area contributed by atoms with Crippen LogP contribution in [-0.2, 0) is 22.4 Å². The Kier molecular flexibility index (Phi) is 11.2. The number of hydrogen-bond donors (Lipinski definition) is 0. The van der Waals surface area contributed by atoms with Gasteiger partial charge in [0.1, 0.15) is 0 Å². The Morgan fingerprint density at radius 2 is 0.712 bits per heavy atom. The van der Waals surface area contributed by atoms with Crippen molar-refractivity contribution in [3.05, 3.63) is 175 Å². The van der Waals surface area contributed by atoms with Crippen LogP contribution in [0.2, 0.25) is 0 Å². The summed E-state index contributed by atoms with van der Waals surface area (Å²) in [6, 6.07) is 52.9.